The Morgan fingerprint density at radius 3 is 2.52 bits per heavy atom. The number of aryl methyl sites for hydroxylation is 1. The standard InChI is InChI=1S/C16H18N2O3/c1-12-6-7-14(9-16(12)18(19)20)11-17-10-13-4-3-5-15(8-13)21-2/h3-9,17H,10-11H2,1-2H3. The average Bonchev–Trinajstić information content (AvgIpc) is 2.49. The fourth-order valence-electron chi connectivity index (χ4n) is 2.10. The van der Waals surface area contributed by atoms with E-state index in [2.05, 4.69) is 5.32 Å². The molecule has 0 aliphatic carbocycles. The Bertz CT molecular complexity index is 641. The van der Waals surface area contributed by atoms with Crippen molar-refractivity contribution in [3.8, 4) is 5.75 Å². The van der Waals surface area contributed by atoms with Gasteiger partial charge in [-0.3, -0.25) is 10.1 Å². The van der Waals surface area contributed by atoms with Crippen LogP contribution >= 0.6 is 0 Å². The Hall–Kier alpha value is -2.40. The highest BCUT2D eigenvalue weighted by Gasteiger charge is 2.10. The van der Waals surface area contributed by atoms with Crippen molar-refractivity contribution in [2.45, 2.75) is 20.0 Å². The second-order valence-electron chi connectivity index (χ2n) is 4.83. The maximum Gasteiger partial charge on any atom is 0.272 e. The van der Waals surface area contributed by atoms with Crippen LogP contribution in [-0.4, -0.2) is 12.0 Å². The van der Waals surface area contributed by atoms with Crippen LogP contribution < -0.4 is 10.1 Å². The fourth-order valence-corrected chi connectivity index (χ4v) is 2.10. The van der Waals surface area contributed by atoms with E-state index in [9.17, 15) is 10.1 Å². The molecule has 1 N–H and O–H groups in total. The molecule has 5 heteroatoms. The predicted molar refractivity (Wildman–Crippen MR) is 81.4 cm³/mol. The molecule has 0 bridgehead atoms. The van der Waals surface area contributed by atoms with Gasteiger partial charge in [0.2, 0.25) is 0 Å². The van der Waals surface area contributed by atoms with Crippen LogP contribution in [0, 0.1) is 17.0 Å². The molecule has 0 atom stereocenters. The smallest absolute Gasteiger partial charge is 0.272 e. The molecule has 0 heterocycles. The van der Waals surface area contributed by atoms with Crippen molar-refractivity contribution in [2.75, 3.05) is 7.11 Å². The van der Waals surface area contributed by atoms with Crippen LogP contribution in [-0.2, 0) is 13.1 Å². The molecule has 0 amide bonds. The minimum atomic E-state index is -0.346. The number of hydrogen-bond donors (Lipinski definition) is 1. The fraction of sp³-hybridized carbons (Fsp3) is 0.250. The maximum atomic E-state index is 10.9. The van der Waals surface area contributed by atoms with Gasteiger partial charge < -0.3 is 10.1 Å². The van der Waals surface area contributed by atoms with Gasteiger partial charge in [-0.2, -0.15) is 0 Å². The van der Waals surface area contributed by atoms with Gasteiger partial charge in [-0.05, 0) is 30.2 Å². The van der Waals surface area contributed by atoms with E-state index in [4.69, 9.17) is 4.74 Å². The Balaban J connectivity index is 1.97. The van der Waals surface area contributed by atoms with E-state index in [1.807, 2.05) is 30.3 Å². The number of hydrogen-bond acceptors (Lipinski definition) is 4. The van der Waals surface area contributed by atoms with E-state index in [1.54, 1.807) is 26.2 Å². The number of nitro groups is 1. The predicted octanol–water partition coefficient (Wildman–Crippen LogP) is 3.20. The van der Waals surface area contributed by atoms with Crippen molar-refractivity contribution < 1.29 is 9.66 Å². The molecule has 2 rings (SSSR count). The van der Waals surface area contributed by atoms with Gasteiger partial charge >= 0.3 is 0 Å². The third-order valence-corrected chi connectivity index (χ3v) is 3.26. The highest BCUT2D eigenvalue weighted by molar-refractivity contribution is 5.42. The van der Waals surface area contributed by atoms with E-state index in [1.165, 1.54) is 0 Å². The van der Waals surface area contributed by atoms with Gasteiger partial charge in [-0.25, -0.2) is 0 Å². The molecule has 21 heavy (non-hydrogen) atoms. The lowest BCUT2D eigenvalue weighted by Gasteiger charge is -2.07. The normalized spacial score (nSPS) is 10.4. The topological polar surface area (TPSA) is 64.4 Å². The number of ether oxygens (including phenoxy) is 1. The van der Waals surface area contributed by atoms with Gasteiger partial charge in [0.15, 0.2) is 0 Å². The lowest BCUT2D eigenvalue weighted by molar-refractivity contribution is -0.385. The molecule has 0 aliphatic heterocycles. The maximum absolute atomic E-state index is 10.9. The third kappa shape index (κ3) is 4.03. The first-order valence-electron chi connectivity index (χ1n) is 6.67. The number of nitro benzene ring substituents is 1. The first-order valence-corrected chi connectivity index (χ1v) is 6.67. The van der Waals surface area contributed by atoms with Crippen LogP contribution in [0.1, 0.15) is 16.7 Å². The summed E-state index contributed by atoms with van der Waals surface area (Å²) < 4.78 is 5.17. The summed E-state index contributed by atoms with van der Waals surface area (Å²) >= 11 is 0. The summed E-state index contributed by atoms with van der Waals surface area (Å²) in [6.45, 7) is 3.00. The van der Waals surface area contributed by atoms with Gasteiger partial charge in [0.05, 0.1) is 12.0 Å². The zero-order valence-electron chi connectivity index (χ0n) is 12.1. The highest BCUT2D eigenvalue weighted by Crippen LogP contribution is 2.19. The number of benzene rings is 2. The number of methoxy groups -OCH3 is 1. The van der Waals surface area contributed by atoms with Crippen LogP contribution in [0.2, 0.25) is 0 Å². The SMILES string of the molecule is COc1cccc(CNCc2ccc(C)c([N+](=O)[O-])c2)c1. The van der Waals surface area contributed by atoms with Crippen LogP contribution in [0.5, 0.6) is 5.75 Å². The highest BCUT2D eigenvalue weighted by atomic mass is 16.6. The van der Waals surface area contributed by atoms with E-state index >= 15 is 0 Å². The molecular weight excluding hydrogens is 268 g/mol. The Labute approximate surface area is 123 Å². The molecule has 0 fully saturated rings. The first-order chi connectivity index (χ1) is 10.1. The molecule has 0 aromatic heterocycles. The molecule has 0 saturated carbocycles. The van der Waals surface area contributed by atoms with Gasteiger partial charge in [-0.1, -0.05) is 24.3 Å². The van der Waals surface area contributed by atoms with Crippen molar-refractivity contribution in [3.05, 3.63) is 69.3 Å². The summed E-state index contributed by atoms with van der Waals surface area (Å²) in [6.07, 6.45) is 0. The molecule has 2 aromatic rings. The zero-order valence-corrected chi connectivity index (χ0v) is 12.1. The van der Waals surface area contributed by atoms with E-state index in [0.29, 0.717) is 18.7 Å². The summed E-state index contributed by atoms with van der Waals surface area (Å²) in [5.74, 6) is 0.820. The second-order valence-corrected chi connectivity index (χ2v) is 4.83. The molecule has 0 aliphatic rings. The monoisotopic (exact) mass is 286 g/mol. The van der Waals surface area contributed by atoms with Crippen LogP contribution in [0.25, 0.3) is 0 Å². The van der Waals surface area contributed by atoms with E-state index < -0.39 is 0 Å². The largest absolute Gasteiger partial charge is 0.497 e. The summed E-state index contributed by atoms with van der Waals surface area (Å²) in [5.41, 5.74) is 2.85. The Morgan fingerprint density at radius 2 is 1.86 bits per heavy atom. The Morgan fingerprint density at radius 1 is 1.14 bits per heavy atom. The van der Waals surface area contributed by atoms with Crippen molar-refractivity contribution >= 4 is 5.69 Å². The van der Waals surface area contributed by atoms with Gasteiger partial charge in [0, 0.05) is 24.7 Å². The van der Waals surface area contributed by atoms with Crippen molar-refractivity contribution in [3.63, 3.8) is 0 Å². The molecule has 0 saturated heterocycles. The van der Waals surface area contributed by atoms with Gasteiger partial charge in [-0.15, -0.1) is 0 Å². The number of nitrogens with one attached hydrogen (secondary N) is 1. The summed E-state index contributed by atoms with van der Waals surface area (Å²) in [7, 11) is 1.64. The second kappa shape index (κ2) is 6.85. The molecule has 0 unspecified atom stereocenters. The lowest BCUT2D eigenvalue weighted by Crippen LogP contribution is -2.13. The molecule has 0 radical (unpaired) electrons. The van der Waals surface area contributed by atoms with Gasteiger partial charge in [0.25, 0.3) is 5.69 Å². The van der Waals surface area contributed by atoms with Crippen molar-refractivity contribution in [1.29, 1.82) is 0 Å². The van der Waals surface area contributed by atoms with Crippen LogP contribution in [0.15, 0.2) is 42.5 Å². The first kappa shape index (κ1) is 15.0. The van der Waals surface area contributed by atoms with Gasteiger partial charge in [0.1, 0.15) is 5.75 Å². The zero-order chi connectivity index (χ0) is 15.2. The quantitative estimate of drug-likeness (QED) is 0.654. The molecular formula is C16H18N2O3. The molecule has 2 aromatic carbocycles. The minimum Gasteiger partial charge on any atom is -0.497 e. The van der Waals surface area contributed by atoms with Crippen molar-refractivity contribution in [2.24, 2.45) is 0 Å². The van der Waals surface area contributed by atoms with Crippen LogP contribution in [0.4, 0.5) is 5.69 Å². The van der Waals surface area contributed by atoms with Crippen LogP contribution in [0.3, 0.4) is 0 Å². The van der Waals surface area contributed by atoms with Crippen molar-refractivity contribution in [1.82, 2.24) is 5.32 Å². The molecule has 5 nitrogen and oxygen atoms in total. The van der Waals surface area contributed by atoms with E-state index in [0.717, 1.165) is 16.9 Å². The molecule has 110 valence electrons. The summed E-state index contributed by atoms with van der Waals surface area (Å²) in [5, 5.41) is 14.2. The minimum absolute atomic E-state index is 0.163. The molecule has 0 spiro atoms. The summed E-state index contributed by atoms with van der Waals surface area (Å²) in [6, 6.07) is 13.1. The summed E-state index contributed by atoms with van der Waals surface area (Å²) in [4.78, 5) is 10.6. The lowest BCUT2D eigenvalue weighted by atomic mass is 10.1. The third-order valence-electron chi connectivity index (χ3n) is 3.26. The van der Waals surface area contributed by atoms with E-state index in [-0.39, 0.29) is 10.6 Å². The average molecular weight is 286 g/mol. The Kier molecular flexibility index (Phi) is 4.90. The number of rotatable bonds is 6. The number of nitrogens with zero attached hydrogens (tertiary/aromatic N) is 1.